The molecule has 0 spiro atoms. The summed E-state index contributed by atoms with van der Waals surface area (Å²) in [5.41, 5.74) is -9.00. The Morgan fingerprint density at radius 1 is 0.778 bits per heavy atom. The number of benzene rings is 3. The molecule has 3 aliphatic carbocycles. The van der Waals surface area contributed by atoms with Gasteiger partial charge in [-0.25, -0.2) is 9.59 Å². The van der Waals surface area contributed by atoms with Gasteiger partial charge in [0.25, 0.3) is 5.91 Å². The normalized spacial score (nSPS) is 30.9. The van der Waals surface area contributed by atoms with Gasteiger partial charge in [-0.05, 0) is 54.8 Å². The average molecular weight is 872 g/mol. The van der Waals surface area contributed by atoms with Gasteiger partial charge in [0, 0.05) is 43.6 Å². The minimum atomic E-state index is -2.75. The lowest BCUT2D eigenvalue weighted by Gasteiger charge is -2.64. The van der Waals surface area contributed by atoms with Crippen LogP contribution >= 0.6 is 0 Å². The predicted molar refractivity (Wildman–Crippen MR) is 221 cm³/mol. The summed E-state index contributed by atoms with van der Waals surface area (Å²) in [5.74, 6) is -7.97. The van der Waals surface area contributed by atoms with Crippen molar-refractivity contribution < 1.29 is 73.2 Å². The van der Waals surface area contributed by atoms with Crippen LogP contribution in [0, 0.1) is 16.7 Å². The summed E-state index contributed by atoms with van der Waals surface area (Å²) >= 11 is 0. The third-order valence-electron chi connectivity index (χ3n) is 13.2. The number of hydrogen-bond acceptors (Lipinski definition) is 15. The van der Waals surface area contributed by atoms with Crippen LogP contribution in [-0.2, 0) is 38.1 Å². The van der Waals surface area contributed by atoms with Gasteiger partial charge in [0.1, 0.15) is 30.0 Å². The van der Waals surface area contributed by atoms with E-state index in [0.717, 1.165) is 13.8 Å². The lowest BCUT2D eigenvalue weighted by Crippen LogP contribution is -2.78. The zero-order valence-electron chi connectivity index (χ0n) is 35.7. The van der Waals surface area contributed by atoms with E-state index in [1.165, 1.54) is 64.1 Å². The number of fused-ring (bicyclic) bond motifs is 3. The standard InChI is InChI=1S/C47H53NO15/c1-25-31(62-43(57)36(53)35(28-16-10-7-11-17-28)48-41(55)29-18-12-8-13-19-29)23-47(59)40(63-42(56)30-20-14-9-15-21-30)38-45(6,32(51)22-33(52)46(38,58)24-60-26(2)49)39(54)37(61-27(3)50)34(25)44(47,4)5/h7-21,31-33,35-38,40,51-53,58-59H,22-24H2,1-6H3,(H,48,55)/t31?,32-,33-,35?,36+,37+,38?,40-,45+,46-,47+/m0/s1. The van der Waals surface area contributed by atoms with Crippen LogP contribution in [-0.4, -0.2) is 116 Å². The zero-order chi connectivity index (χ0) is 46.2. The van der Waals surface area contributed by atoms with Crippen molar-refractivity contribution in [3.8, 4) is 0 Å². The molecule has 3 unspecified atom stereocenters. The molecule has 2 saturated carbocycles. The maximum Gasteiger partial charge on any atom is 0.338 e. The summed E-state index contributed by atoms with van der Waals surface area (Å²) in [7, 11) is 0. The van der Waals surface area contributed by atoms with Gasteiger partial charge in [-0.2, -0.15) is 0 Å². The number of carbonyl (C=O) groups excluding carboxylic acids is 6. The van der Waals surface area contributed by atoms with Crippen molar-refractivity contribution in [2.24, 2.45) is 16.7 Å². The van der Waals surface area contributed by atoms with Gasteiger partial charge in [-0.1, -0.05) is 80.6 Å². The van der Waals surface area contributed by atoms with Gasteiger partial charge in [-0.3, -0.25) is 19.2 Å². The van der Waals surface area contributed by atoms with E-state index < -0.39 is 126 Å². The molecule has 0 saturated heterocycles. The highest BCUT2D eigenvalue weighted by Gasteiger charge is 2.75. The smallest absolute Gasteiger partial charge is 0.338 e. The molecule has 0 aliphatic heterocycles. The summed E-state index contributed by atoms with van der Waals surface area (Å²) in [6.07, 6.45) is -13.0. The van der Waals surface area contributed by atoms with Crippen molar-refractivity contribution in [3.05, 3.63) is 119 Å². The van der Waals surface area contributed by atoms with Gasteiger partial charge >= 0.3 is 23.9 Å². The molecule has 0 radical (unpaired) electrons. The van der Waals surface area contributed by atoms with Crippen LogP contribution in [0.2, 0.25) is 0 Å². The fourth-order valence-electron chi connectivity index (χ4n) is 9.67. The second-order valence-corrected chi connectivity index (χ2v) is 17.3. The minimum Gasteiger partial charge on any atom is -0.463 e. The number of ketones is 1. The van der Waals surface area contributed by atoms with E-state index in [2.05, 4.69) is 5.32 Å². The minimum absolute atomic E-state index is 0.0365. The monoisotopic (exact) mass is 871 g/mol. The molecular weight excluding hydrogens is 819 g/mol. The molecule has 0 heterocycles. The Labute approximate surface area is 363 Å². The molecule has 6 N–H and O–H groups in total. The van der Waals surface area contributed by atoms with E-state index >= 15 is 4.79 Å². The molecule has 2 bridgehead atoms. The van der Waals surface area contributed by atoms with Crippen LogP contribution in [0.4, 0.5) is 0 Å². The molecular formula is C47H53NO15. The Hall–Kier alpha value is -5.78. The van der Waals surface area contributed by atoms with Crippen molar-refractivity contribution in [1.29, 1.82) is 0 Å². The molecule has 1 amide bonds. The first-order valence-electron chi connectivity index (χ1n) is 20.5. The highest BCUT2D eigenvalue weighted by Crippen LogP contribution is 2.62. The summed E-state index contributed by atoms with van der Waals surface area (Å²) < 4.78 is 23.3. The molecule has 0 aromatic heterocycles. The molecule has 336 valence electrons. The number of aliphatic hydroxyl groups excluding tert-OH is 3. The summed E-state index contributed by atoms with van der Waals surface area (Å²) in [6, 6.07) is 22.3. The number of carbonyl (C=O) groups is 6. The molecule has 16 heteroatoms. The number of aliphatic hydroxyl groups is 5. The molecule has 63 heavy (non-hydrogen) atoms. The third-order valence-corrected chi connectivity index (χ3v) is 13.2. The Morgan fingerprint density at radius 2 is 1.33 bits per heavy atom. The van der Waals surface area contributed by atoms with Crippen molar-refractivity contribution in [2.45, 2.75) is 108 Å². The first kappa shape index (κ1) is 46.7. The Bertz CT molecular complexity index is 2260. The SMILES string of the molecule is CC(=O)OC[C@@]1(O)C2[C@H](OC(=O)c3ccccc3)[C@]3(O)CC(OC(=O)[C@H](O)C(NC(=O)c4ccccc4)c4ccccc4)C(C)=C([C@@H](OC(C)=O)C(=O)[C@]2(C)[C@@H](O)C[C@@H]1O)C3(C)C. The van der Waals surface area contributed by atoms with E-state index in [1.807, 2.05) is 0 Å². The Kier molecular flexibility index (Phi) is 13.2. The van der Waals surface area contributed by atoms with Gasteiger partial charge in [0.2, 0.25) is 0 Å². The number of esters is 4. The van der Waals surface area contributed by atoms with E-state index in [4.69, 9.17) is 18.9 Å². The summed E-state index contributed by atoms with van der Waals surface area (Å²) in [4.78, 5) is 82.5. The number of Topliss-reactive ketones (excluding diaryl/α,β-unsaturated/α-hetero) is 1. The Morgan fingerprint density at radius 3 is 1.89 bits per heavy atom. The van der Waals surface area contributed by atoms with Crippen LogP contribution in [0.25, 0.3) is 0 Å². The predicted octanol–water partition coefficient (Wildman–Crippen LogP) is 2.69. The molecule has 11 atom stereocenters. The van der Waals surface area contributed by atoms with Crippen molar-refractivity contribution >= 4 is 35.6 Å². The number of amides is 1. The average Bonchev–Trinajstić information content (AvgIpc) is 3.25. The highest BCUT2D eigenvalue weighted by atomic mass is 16.6. The van der Waals surface area contributed by atoms with Gasteiger partial charge in [0.15, 0.2) is 18.0 Å². The largest absolute Gasteiger partial charge is 0.463 e. The van der Waals surface area contributed by atoms with Crippen molar-refractivity contribution in [2.75, 3.05) is 6.61 Å². The first-order chi connectivity index (χ1) is 29.6. The van der Waals surface area contributed by atoms with Crippen molar-refractivity contribution in [3.63, 3.8) is 0 Å². The lowest BCUT2D eigenvalue weighted by atomic mass is 9.45. The third kappa shape index (κ3) is 8.41. The summed E-state index contributed by atoms with van der Waals surface area (Å²) in [6.45, 7) is 6.62. The number of hydrogen-bond donors (Lipinski definition) is 6. The van der Waals surface area contributed by atoms with E-state index in [0.29, 0.717) is 5.56 Å². The van der Waals surface area contributed by atoms with Gasteiger partial charge in [0.05, 0.1) is 29.2 Å². The van der Waals surface area contributed by atoms with E-state index in [1.54, 1.807) is 54.6 Å². The second kappa shape index (κ2) is 17.8. The number of nitrogens with one attached hydrogen (secondary N) is 1. The Balaban J connectivity index is 1.54. The zero-order valence-corrected chi connectivity index (χ0v) is 35.7. The van der Waals surface area contributed by atoms with Crippen molar-refractivity contribution in [1.82, 2.24) is 5.32 Å². The van der Waals surface area contributed by atoms with E-state index in [-0.39, 0.29) is 22.3 Å². The lowest BCUT2D eigenvalue weighted by molar-refractivity contribution is -0.286. The second-order valence-electron chi connectivity index (χ2n) is 17.3. The van der Waals surface area contributed by atoms with Crippen LogP contribution < -0.4 is 5.32 Å². The highest BCUT2D eigenvalue weighted by molar-refractivity contribution is 5.96. The summed E-state index contributed by atoms with van der Waals surface area (Å²) in [5, 5.41) is 64.3. The fourth-order valence-corrected chi connectivity index (χ4v) is 9.67. The number of ether oxygens (including phenoxy) is 4. The molecule has 16 nitrogen and oxygen atoms in total. The van der Waals surface area contributed by atoms with Gasteiger partial charge < -0.3 is 49.8 Å². The maximum absolute atomic E-state index is 15.4. The topological polar surface area (TPSA) is 253 Å². The van der Waals surface area contributed by atoms with E-state index in [9.17, 15) is 49.5 Å². The fraction of sp³-hybridized carbons (Fsp3) is 0.447. The van der Waals surface area contributed by atoms with Gasteiger partial charge in [-0.15, -0.1) is 0 Å². The number of rotatable bonds is 11. The van der Waals surface area contributed by atoms with Crippen LogP contribution in [0.15, 0.2) is 102 Å². The molecule has 3 aromatic rings. The quantitative estimate of drug-likeness (QED) is 0.0921. The van der Waals surface area contributed by atoms with Crippen LogP contribution in [0.3, 0.4) is 0 Å². The molecule has 2 fully saturated rings. The van der Waals surface area contributed by atoms with Crippen LogP contribution in [0.1, 0.15) is 86.7 Å². The maximum atomic E-state index is 15.4. The first-order valence-corrected chi connectivity index (χ1v) is 20.5. The van der Waals surface area contributed by atoms with Crippen LogP contribution in [0.5, 0.6) is 0 Å². The molecule has 3 aliphatic rings. The molecule has 3 aromatic carbocycles. The molecule has 6 rings (SSSR count).